The fourth-order valence-electron chi connectivity index (χ4n) is 3.27. The Morgan fingerprint density at radius 2 is 1.78 bits per heavy atom. The highest BCUT2D eigenvalue weighted by Crippen LogP contribution is 2.36. The van der Waals surface area contributed by atoms with E-state index in [0.29, 0.717) is 21.8 Å². The predicted molar refractivity (Wildman–Crippen MR) is 106 cm³/mol. The first-order valence-corrected chi connectivity index (χ1v) is 9.91. The second-order valence-electron chi connectivity index (χ2n) is 6.55. The smallest absolute Gasteiger partial charge is 0.257 e. The summed E-state index contributed by atoms with van der Waals surface area (Å²) in [7, 11) is 0. The van der Waals surface area contributed by atoms with E-state index in [1.165, 1.54) is 11.3 Å². The van der Waals surface area contributed by atoms with Crippen LogP contribution in [0.5, 0.6) is 0 Å². The first-order chi connectivity index (χ1) is 13.2. The van der Waals surface area contributed by atoms with Gasteiger partial charge in [0.05, 0.1) is 0 Å². The number of nitrogens with zero attached hydrogens (tertiary/aromatic N) is 2. The summed E-state index contributed by atoms with van der Waals surface area (Å²) in [6.07, 6.45) is 4.27. The minimum absolute atomic E-state index is 0.0376. The summed E-state index contributed by atoms with van der Waals surface area (Å²) >= 11 is 1.40. The van der Waals surface area contributed by atoms with Crippen LogP contribution in [0.15, 0.2) is 42.5 Å². The van der Waals surface area contributed by atoms with E-state index in [-0.39, 0.29) is 11.7 Å². The van der Waals surface area contributed by atoms with E-state index in [1.807, 2.05) is 30.3 Å². The normalized spacial score (nSPS) is 12.0. The summed E-state index contributed by atoms with van der Waals surface area (Å²) in [4.78, 5) is 25.2. The average Bonchev–Trinajstić information content (AvgIpc) is 3.25. The fourth-order valence-corrected chi connectivity index (χ4v) is 4.05. The highest BCUT2D eigenvalue weighted by molar-refractivity contribution is 7.15. The second kappa shape index (κ2) is 7.40. The van der Waals surface area contributed by atoms with Crippen LogP contribution in [0.1, 0.15) is 57.5 Å². The Hall–Kier alpha value is -2.86. The van der Waals surface area contributed by atoms with Gasteiger partial charge in [0.25, 0.3) is 5.91 Å². The summed E-state index contributed by atoms with van der Waals surface area (Å²) in [6, 6.07) is 12.8. The van der Waals surface area contributed by atoms with Crippen LogP contribution in [-0.2, 0) is 6.42 Å². The van der Waals surface area contributed by atoms with Crippen molar-refractivity contribution in [2.24, 2.45) is 0 Å². The number of unbranched alkanes of at least 4 members (excludes halogenated alkanes) is 2. The van der Waals surface area contributed by atoms with E-state index in [0.717, 1.165) is 41.8 Å². The first kappa shape index (κ1) is 17.5. The van der Waals surface area contributed by atoms with Gasteiger partial charge in [-0.25, -0.2) is 0 Å². The van der Waals surface area contributed by atoms with Gasteiger partial charge in [-0.1, -0.05) is 61.4 Å². The molecule has 0 radical (unpaired) electrons. The quantitative estimate of drug-likeness (QED) is 0.493. The molecule has 136 valence electrons. The zero-order valence-corrected chi connectivity index (χ0v) is 15.8. The van der Waals surface area contributed by atoms with Gasteiger partial charge in [0.2, 0.25) is 5.13 Å². The summed E-state index contributed by atoms with van der Waals surface area (Å²) in [5, 5.41) is 12.4. The summed E-state index contributed by atoms with van der Waals surface area (Å²) in [5.41, 5.74) is 3.50. The molecule has 0 saturated carbocycles. The van der Waals surface area contributed by atoms with E-state index in [9.17, 15) is 9.59 Å². The Morgan fingerprint density at radius 3 is 2.59 bits per heavy atom. The van der Waals surface area contributed by atoms with Gasteiger partial charge in [-0.05, 0) is 29.7 Å². The van der Waals surface area contributed by atoms with Crippen LogP contribution in [-0.4, -0.2) is 21.9 Å². The Labute approximate surface area is 161 Å². The topological polar surface area (TPSA) is 72.0 Å². The van der Waals surface area contributed by atoms with Crippen molar-refractivity contribution in [3.05, 3.63) is 64.2 Å². The number of hydrogen-bond donors (Lipinski definition) is 1. The number of benzene rings is 2. The summed E-state index contributed by atoms with van der Waals surface area (Å²) < 4.78 is 0. The van der Waals surface area contributed by atoms with Crippen LogP contribution in [0, 0.1) is 0 Å². The van der Waals surface area contributed by atoms with Crippen molar-refractivity contribution in [1.82, 2.24) is 10.2 Å². The highest BCUT2D eigenvalue weighted by atomic mass is 32.1. The molecule has 4 rings (SSSR count). The number of carbonyl (C=O) groups excluding carboxylic acids is 2. The van der Waals surface area contributed by atoms with Gasteiger partial charge >= 0.3 is 0 Å². The lowest BCUT2D eigenvalue weighted by Gasteiger charge is -2.04. The molecule has 2 aromatic carbocycles. The number of nitrogens with one attached hydrogen (secondary N) is 1. The van der Waals surface area contributed by atoms with Crippen LogP contribution in [0.4, 0.5) is 5.13 Å². The molecule has 0 fully saturated rings. The van der Waals surface area contributed by atoms with Crippen molar-refractivity contribution in [2.75, 3.05) is 5.32 Å². The molecule has 1 aromatic heterocycles. The minimum atomic E-state index is -0.280. The minimum Gasteiger partial charge on any atom is -0.296 e. The standard InChI is InChI=1S/C21H19N3O2S/c1-2-3-4-9-18-23-24-21(27-18)22-20(26)13-10-11-15-14-7-5-6-8-16(14)19(25)17(15)12-13/h5-8,10-12H,2-4,9H2,1H3,(H,22,24,26). The van der Waals surface area contributed by atoms with Gasteiger partial charge in [0.15, 0.2) is 5.78 Å². The molecule has 0 spiro atoms. The van der Waals surface area contributed by atoms with Crippen LogP contribution in [0.3, 0.4) is 0 Å². The Morgan fingerprint density at radius 1 is 1.00 bits per heavy atom. The molecule has 1 aliphatic rings. The second-order valence-corrected chi connectivity index (χ2v) is 7.61. The van der Waals surface area contributed by atoms with Crippen molar-refractivity contribution in [3.8, 4) is 11.1 Å². The lowest BCUT2D eigenvalue weighted by atomic mass is 10.0. The number of ketones is 1. The van der Waals surface area contributed by atoms with E-state index >= 15 is 0 Å². The summed E-state index contributed by atoms with van der Waals surface area (Å²) in [5.74, 6) is -0.317. The predicted octanol–water partition coefficient (Wildman–Crippen LogP) is 4.73. The molecular formula is C21H19N3O2S. The molecule has 1 heterocycles. The average molecular weight is 377 g/mol. The molecule has 1 amide bonds. The lowest BCUT2D eigenvalue weighted by molar-refractivity contribution is 0.102. The van der Waals surface area contributed by atoms with Crippen molar-refractivity contribution < 1.29 is 9.59 Å². The monoisotopic (exact) mass is 377 g/mol. The highest BCUT2D eigenvalue weighted by Gasteiger charge is 2.27. The fraction of sp³-hybridized carbons (Fsp3) is 0.238. The molecule has 0 aliphatic heterocycles. The molecule has 1 N–H and O–H groups in total. The van der Waals surface area contributed by atoms with E-state index < -0.39 is 0 Å². The van der Waals surface area contributed by atoms with Gasteiger partial charge in [0.1, 0.15) is 5.01 Å². The number of aromatic nitrogens is 2. The molecule has 0 saturated heterocycles. The van der Waals surface area contributed by atoms with E-state index in [4.69, 9.17) is 0 Å². The maximum absolute atomic E-state index is 12.6. The molecular weight excluding hydrogens is 358 g/mol. The van der Waals surface area contributed by atoms with Crippen molar-refractivity contribution in [1.29, 1.82) is 0 Å². The third kappa shape index (κ3) is 3.40. The molecule has 0 bridgehead atoms. The number of anilines is 1. The molecule has 27 heavy (non-hydrogen) atoms. The zero-order valence-electron chi connectivity index (χ0n) is 15.0. The molecule has 5 nitrogen and oxygen atoms in total. The number of hydrogen-bond acceptors (Lipinski definition) is 5. The van der Waals surface area contributed by atoms with Gasteiger partial charge in [0, 0.05) is 23.1 Å². The van der Waals surface area contributed by atoms with Crippen molar-refractivity contribution >= 4 is 28.2 Å². The van der Waals surface area contributed by atoms with Crippen molar-refractivity contribution in [3.63, 3.8) is 0 Å². The number of rotatable bonds is 6. The van der Waals surface area contributed by atoms with Crippen LogP contribution >= 0.6 is 11.3 Å². The van der Waals surface area contributed by atoms with Crippen LogP contribution in [0.2, 0.25) is 0 Å². The Balaban J connectivity index is 1.50. The zero-order chi connectivity index (χ0) is 18.8. The third-order valence-electron chi connectivity index (χ3n) is 4.67. The number of fused-ring (bicyclic) bond motifs is 3. The van der Waals surface area contributed by atoms with Gasteiger partial charge < -0.3 is 0 Å². The molecule has 6 heteroatoms. The van der Waals surface area contributed by atoms with Crippen LogP contribution < -0.4 is 5.32 Å². The Kier molecular flexibility index (Phi) is 4.81. The first-order valence-electron chi connectivity index (χ1n) is 9.09. The van der Waals surface area contributed by atoms with Crippen molar-refractivity contribution in [2.45, 2.75) is 32.6 Å². The molecule has 0 atom stereocenters. The molecule has 0 unspecified atom stereocenters. The van der Waals surface area contributed by atoms with Gasteiger partial charge in [-0.2, -0.15) is 0 Å². The van der Waals surface area contributed by atoms with Gasteiger partial charge in [-0.3, -0.25) is 14.9 Å². The number of carbonyl (C=O) groups is 2. The number of aryl methyl sites for hydroxylation is 1. The van der Waals surface area contributed by atoms with E-state index in [1.54, 1.807) is 12.1 Å². The Bertz CT molecular complexity index is 1030. The summed E-state index contributed by atoms with van der Waals surface area (Å²) in [6.45, 7) is 2.16. The SMILES string of the molecule is CCCCCc1nnc(NC(=O)c2ccc3c(c2)C(=O)c2ccccc2-3)s1. The molecule has 1 aliphatic carbocycles. The lowest BCUT2D eigenvalue weighted by Crippen LogP contribution is -2.12. The maximum atomic E-state index is 12.6. The largest absolute Gasteiger partial charge is 0.296 e. The van der Waals surface area contributed by atoms with Gasteiger partial charge in [-0.15, -0.1) is 10.2 Å². The number of amides is 1. The molecule has 3 aromatic rings. The van der Waals surface area contributed by atoms with E-state index in [2.05, 4.69) is 22.4 Å². The third-order valence-corrected chi connectivity index (χ3v) is 5.57. The maximum Gasteiger partial charge on any atom is 0.257 e. The van der Waals surface area contributed by atoms with Crippen LogP contribution in [0.25, 0.3) is 11.1 Å².